The molecular formula is C20H30N4O3. The third kappa shape index (κ3) is 8.57. The summed E-state index contributed by atoms with van der Waals surface area (Å²) in [5.41, 5.74) is 1.54. The molecule has 1 aromatic carbocycles. The first kappa shape index (κ1) is 20.7. The molecule has 2 rings (SSSR count). The van der Waals surface area contributed by atoms with Crippen molar-refractivity contribution in [2.75, 3.05) is 13.1 Å². The van der Waals surface area contributed by atoms with Gasteiger partial charge in [0.25, 0.3) is 0 Å². The molecule has 3 amide bonds. The number of hydrogen-bond acceptors (Lipinski definition) is 4. The fourth-order valence-electron chi connectivity index (χ4n) is 3.00. The fraction of sp³-hybridized carbons (Fsp3) is 0.550. The Morgan fingerprint density at radius 2 is 1.70 bits per heavy atom. The Bertz CT molecular complexity index is 613. The first-order valence-electron chi connectivity index (χ1n) is 9.74. The van der Waals surface area contributed by atoms with Crippen molar-refractivity contribution in [1.82, 2.24) is 16.0 Å². The summed E-state index contributed by atoms with van der Waals surface area (Å²) < 4.78 is 0. The molecule has 1 fully saturated rings. The standard InChI is InChI=1S/C20H30N4O3/c1-16(17-10-4-2-5-11-17)24-27-20(26)22-15-9-8-14-21-19(25)23-18-12-6-3-7-13-18/h2,4-5,10-11,18H,3,6-9,12-15H2,1H3,(H,22,26)(H2,21,23,25). The lowest BCUT2D eigenvalue weighted by molar-refractivity contribution is 0.150. The lowest BCUT2D eigenvalue weighted by Crippen LogP contribution is -2.43. The first-order valence-corrected chi connectivity index (χ1v) is 9.74. The highest BCUT2D eigenvalue weighted by Gasteiger charge is 2.14. The van der Waals surface area contributed by atoms with Crippen molar-refractivity contribution >= 4 is 17.8 Å². The van der Waals surface area contributed by atoms with Crippen LogP contribution in [0.1, 0.15) is 57.4 Å². The first-order chi connectivity index (χ1) is 13.1. The number of oxime groups is 1. The van der Waals surface area contributed by atoms with Crippen molar-refractivity contribution in [3.8, 4) is 0 Å². The van der Waals surface area contributed by atoms with Crippen LogP contribution in [0.2, 0.25) is 0 Å². The number of nitrogens with one attached hydrogen (secondary N) is 3. The largest absolute Gasteiger partial charge is 0.433 e. The van der Waals surface area contributed by atoms with Crippen molar-refractivity contribution in [2.45, 2.75) is 57.9 Å². The van der Waals surface area contributed by atoms with Crippen LogP contribution in [0.25, 0.3) is 0 Å². The number of rotatable bonds is 8. The summed E-state index contributed by atoms with van der Waals surface area (Å²) in [5, 5.41) is 12.3. The summed E-state index contributed by atoms with van der Waals surface area (Å²) >= 11 is 0. The van der Waals surface area contributed by atoms with E-state index >= 15 is 0 Å². The van der Waals surface area contributed by atoms with E-state index in [0.717, 1.165) is 31.2 Å². The van der Waals surface area contributed by atoms with Crippen molar-refractivity contribution in [3.63, 3.8) is 0 Å². The van der Waals surface area contributed by atoms with E-state index in [-0.39, 0.29) is 6.03 Å². The van der Waals surface area contributed by atoms with Gasteiger partial charge in [-0.25, -0.2) is 9.59 Å². The van der Waals surface area contributed by atoms with Crippen molar-refractivity contribution < 1.29 is 14.4 Å². The van der Waals surface area contributed by atoms with Gasteiger partial charge in [0.05, 0.1) is 5.71 Å². The molecule has 1 aliphatic carbocycles. The zero-order valence-corrected chi connectivity index (χ0v) is 16.0. The minimum Gasteiger partial charge on any atom is -0.338 e. The smallest absolute Gasteiger partial charge is 0.338 e. The SMILES string of the molecule is CC(=NOC(=O)NCCCCNC(=O)NC1CCCCC1)c1ccccc1. The van der Waals surface area contributed by atoms with E-state index in [1.54, 1.807) is 6.92 Å². The number of unbranched alkanes of at least 4 members (excludes halogenated alkanes) is 1. The Kier molecular flexibility index (Phi) is 9.17. The van der Waals surface area contributed by atoms with Gasteiger partial charge in [0.1, 0.15) is 0 Å². The van der Waals surface area contributed by atoms with E-state index in [1.165, 1.54) is 19.3 Å². The number of benzene rings is 1. The number of urea groups is 1. The minimum absolute atomic E-state index is 0.0972. The Balaban J connectivity index is 1.49. The maximum atomic E-state index is 11.8. The van der Waals surface area contributed by atoms with Crippen LogP contribution in [-0.4, -0.2) is 37.0 Å². The molecule has 0 bridgehead atoms. The summed E-state index contributed by atoms with van der Waals surface area (Å²) in [6.07, 6.45) is 6.77. The van der Waals surface area contributed by atoms with Gasteiger partial charge < -0.3 is 16.0 Å². The number of amides is 3. The third-order valence-electron chi connectivity index (χ3n) is 4.56. The normalized spacial score (nSPS) is 15.1. The van der Waals surface area contributed by atoms with Crippen molar-refractivity contribution in [3.05, 3.63) is 35.9 Å². The van der Waals surface area contributed by atoms with E-state index in [4.69, 9.17) is 4.84 Å². The molecule has 148 valence electrons. The van der Waals surface area contributed by atoms with Gasteiger partial charge in [-0.1, -0.05) is 54.8 Å². The molecule has 1 aromatic rings. The van der Waals surface area contributed by atoms with Crippen LogP contribution in [0.15, 0.2) is 35.5 Å². The quantitative estimate of drug-likeness (QED) is 0.281. The summed E-state index contributed by atoms with van der Waals surface area (Å²) in [4.78, 5) is 28.3. The van der Waals surface area contributed by atoms with Crippen LogP contribution in [0.5, 0.6) is 0 Å². The van der Waals surface area contributed by atoms with E-state index in [9.17, 15) is 9.59 Å². The molecule has 3 N–H and O–H groups in total. The van der Waals surface area contributed by atoms with Crippen molar-refractivity contribution in [1.29, 1.82) is 0 Å². The van der Waals surface area contributed by atoms with Crippen LogP contribution < -0.4 is 16.0 Å². The summed E-state index contributed by atoms with van der Waals surface area (Å²) in [7, 11) is 0. The number of carbonyl (C=O) groups is 2. The Morgan fingerprint density at radius 3 is 2.41 bits per heavy atom. The summed E-state index contributed by atoms with van der Waals surface area (Å²) in [5.74, 6) is 0. The lowest BCUT2D eigenvalue weighted by atomic mass is 9.96. The number of carbonyl (C=O) groups excluding carboxylic acids is 2. The predicted molar refractivity (Wildman–Crippen MR) is 106 cm³/mol. The van der Waals surface area contributed by atoms with Gasteiger partial charge in [0, 0.05) is 19.1 Å². The molecule has 0 saturated heterocycles. The highest BCUT2D eigenvalue weighted by atomic mass is 16.7. The van der Waals surface area contributed by atoms with Gasteiger partial charge in [0.15, 0.2) is 0 Å². The molecule has 7 nitrogen and oxygen atoms in total. The molecule has 27 heavy (non-hydrogen) atoms. The molecule has 0 spiro atoms. The second-order valence-corrected chi connectivity index (χ2v) is 6.79. The number of hydrogen-bond donors (Lipinski definition) is 3. The van der Waals surface area contributed by atoms with Gasteiger partial charge in [-0.15, -0.1) is 0 Å². The third-order valence-corrected chi connectivity index (χ3v) is 4.56. The van der Waals surface area contributed by atoms with E-state index < -0.39 is 6.09 Å². The van der Waals surface area contributed by atoms with Gasteiger partial charge >= 0.3 is 12.1 Å². The Hall–Kier alpha value is -2.57. The number of nitrogens with zero attached hydrogens (tertiary/aromatic N) is 1. The lowest BCUT2D eigenvalue weighted by Gasteiger charge is -2.22. The molecule has 1 aliphatic rings. The minimum atomic E-state index is -0.576. The van der Waals surface area contributed by atoms with E-state index in [2.05, 4.69) is 21.1 Å². The zero-order chi connectivity index (χ0) is 19.3. The van der Waals surface area contributed by atoms with Crippen LogP contribution in [0.3, 0.4) is 0 Å². The Labute approximate surface area is 160 Å². The fourth-order valence-corrected chi connectivity index (χ4v) is 3.00. The summed E-state index contributed by atoms with van der Waals surface area (Å²) in [6, 6.07) is 9.74. The zero-order valence-electron chi connectivity index (χ0n) is 16.0. The highest BCUT2D eigenvalue weighted by molar-refractivity contribution is 5.98. The monoisotopic (exact) mass is 374 g/mol. The second-order valence-electron chi connectivity index (χ2n) is 6.79. The second kappa shape index (κ2) is 11.9. The average molecular weight is 374 g/mol. The van der Waals surface area contributed by atoms with Crippen LogP contribution in [0.4, 0.5) is 9.59 Å². The van der Waals surface area contributed by atoms with Gasteiger partial charge in [-0.2, -0.15) is 0 Å². The Morgan fingerprint density at radius 1 is 1.04 bits per heavy atom. The maximum Gasteiger partial charge on any atom is 0.433 e. The molecule has 7 heteroatoms. The highest BCUT2D eigenvalue weighted by Crippen LogP contribution is 2.17. The molecule has 0 aliphatic heterocycles. The van der Waals surface area contributed by atoms with E-state index in [0.29, 0.717) is 24.8 Å². The maximum absolute atomic E-state index is 11.8. The molecule has 0 atom stereocenters. The van der Waals surface area contributed by atoms with Gasteiger partial charge in [-0.05, 0) is 38.2 Å². The molecular weight excluding hydrogens is 344 g/mol. The topological polar surface area (TPSA) is 91.8 Å². The average Bonchev–Trinajstić information content (AvgIpc) is 2.70. The van der Waals surface area contributed by atoms with Crippen LogP contribution in [-0.2, 0) is 4.84 Å². The van der Waals surface area contributed by atoms with E-state index in [1.807, 2.05) is 30.3 Å². The summed E-state index contributed by atoms with van der Waals surface area (Å²) in [6.45, 7) is 2.85. The van der Waals surface area contributed by atoms with Crippen LogP contribution >= 0.6 is 0 Å². The molecule has 0 aromatic heterocycles. The van der Waals surface area contributed by atoms with Gasteiger partial charge in [0.2, 0.25) is 0 Å². The van der Waals surface area contributed by atoms with Crippen molar-refractivity contribution in [2.24, 2.45) is 5.16 Å². The molecule has 0 radical (unpaired) electrons. The molecule has 1 saturated carbocycles. The van der Waals surface area contributed by atoms with Gasteiger partial charge in [-0.3, -0.25) is 4.84 Å². The predicted octanol–water partition coefficient (Wildman–Crippen LogP) is 3.55. The molecule has 0 heterocycles. The van der Waals surface area contributed by atoms with Crippen LogP contribution in [0, 0.1) is 0 Å². The molecule has 0 unspecified atom stereocenters.